The summed E-state index contributed by atoms with van der Waals surface area (Å²) in [6.07, 6.45) is 3.90. The zero-order chi connectivity index (χ0) is 21.8. The third kappa shape index (κ3) is 4.86. The van der Waals surface area contributed by atoms with Crippen LogP contribution in [0.15, 0.2) is 65.7 Å². The first kappa shape index (κ1) is 21.3. The third-order valence-electron chi connectivity index (χ3n) is 5.82. The molecule has 3 aromatic rings. The normalized spacial score (nSPS) is 17.3. The Bertz CT molecular complexity index is 1180. The van der Waals surface area contributed by atoms with Gasteiger partial charge < -0.3 is 4.90 Å². The first-order chi connectivity index (χ1) is 15.0. The quantitative estimate of drug-likeness (QED) is 0.467. The van der Waals surface area contributed by atoms with Crippen molar-refractivity contribution < 1.29 is 18.4 Å². The molecule has 162 valence electrons. The lowest BCUT2D eigenvalue weighted by Crippen LogP contribution is -2.26. The van der Waals surface area contributed by atoms with Crippen molar-refractivity contribution in [2.45, 2.75) is 24.2 Å². The van der Waals surface area contributed by atoms with Crippen LogP contribution in [0, 0.1) is 5.92 Å². The van der Waals surface area contributed by atoms with Gasteiger partial charge in [-0.25, -0.2) is 18.9 Å². The average Bonchev–Trinajstić information content (AvgIpc) is 3.03. The van der Waals surface area contributed by atoms with Gasteiger partial charge in [-0.3, -0.25) is 10.0 Å². The van der Waals surface area contributed by atoms with Gasteiger partial charge in [0.1, 0.15) is 5.82 Å². The van der Waals surface area contributed by atoms with E-state index >= 15 is 0 Å². The fraction of sp³-hybridized carbons (Fsp3) is 0.304. The van der Waals surface area contributed by atoms with Crippen LogP contribution in [0.1, 0.15) is 29.6 Å². The third-order valence-corrected chi connectivity index (χ3v) is 7.70. The predicted molar refractivity (Wildman–Crippen MR) is 119 cm³/mol. The number of nitrogens with one attached hydrogen (secondary N) is 1. The van der Waals surface area contributed by atoms with Crippen LogP contribution >= 0.6 is 0 Å². The monoisotopic (exact) mass is 439 g/mol. The molecule has 0 bridgehead atoms. The van der Waals surface area contributed by atoms with Gasteiger partial charge in [-0.05, 0) is 60.2 Å². The van der Waals surface area contributed by atoms with E-state index in [9.17, 15) is 13.2 Å². The number of hydroxylamine groups is 1. The van der Waals surface area contributed by atoms with Crippen molar-refractivity contribution >= 4 is 32.3 Å². The van der Waals surface area contributed by atoms with E-state index in [2.05, 4.69) is 9.88 Å². The van der Waals surface area contributed by atoms with Crippen LogP contribution in [0.25, 0.3) is 10.8 Å². The molecule has 1 aliphatic rings. The summed E-state index contributed by atoms with van der Waals surface area (Å²) >= 11 is 0. The van der Waals surface area contributed by atoms with Crippen molar-refractivity contribution in [3.8, 4) is 0 Å². The lowest BCUT2D eigenvalue weighted by Gasteiger charge is -2.21. The molecule has 1 aliphatic heterocycles. The van der Waals surface area contributed by atoms with Crippen LogP contribution in [0.2, 0.25) is 0 Å². The Kier molecular flexibility index (Phi) is 6.20. The van der Waals surface area contributed by atoms with Crippen molar-refractivity contribution in [1.82, 2.24) is 10.5 Å². The number of hydrogen-bond acceptors (Lipinski definition) is 6. The minimum Gasteiger partial charge on any atom is -0.357 e. The highest BCUT2D eigenvalue weighted by atomic mass is 32.2. The van der Waals surface area contributed by atoms with Gasteiger partial charge in [0, 0.05) is 19.3 Å². The summed E-state index contributed by atoms with van der Waals surface area (Å²) in [5, 5.41) is 10.7. The van der Waals surface area contributed by atoms with Crippen LogP contribution in [-0.2, 0) is 9.84 Å². The number of rotatable bonds is 5. The summed E-state index contributed by atoms with van der Waals surface area (Å²) in [6.45, 7) is 1.49. The summed E-state index contributed by atoms with van der Waals surface area (Å²) in [7, 11) is -3.37. The number of carbonyl (C=O) groups excluding carboxylic acids is 1. The largest absolute Gasteiger partial charge is 0.357 e. The molecule has 1 saturated heterocycles. The van der Waals surface area contributed by atoms with E-state index in [0.29, 0.717) is 11.4 Å². The van der Waals surface area contributed by atoms with Crippen LogP contribution < -0.4 is 10.4 Å². The summed E-state index contributed by atoms with van der Waals surface area (Å²) < 4.78 is 26.1. The molecule has 8 heteroatoms. The van der Waals surface area contributed by atoms with Gasteiger partial charge in [-0.1, -0.05) is 30.3 Å². The fourth-order valence-corrected chi connectivity index (χ4v) is 5.83. The lowest BCUT2D eigenvalue weighted by molar-refractivity contribution is 0.0706. The molecule has 2 aromatic carbocycles. The first-order valence-corrected chi connectivity index (χ1v) is 12.0. The van der Waals surface area contributed by atoms with Crippen molar-refractivity contribution in [3.05, 3.63) is 66.4 Å². The molecular formula is C23H25N3O4S. The van der Waals surface area contributed by atoms with Gasteiger partial charge in [0.05, 0.1) is 16.2 Å². The molecule has 0 radical (unpaired) electrons. The average molecular weight is 440 g/mol. The molecule has 1 atom stereocenters. The second-order valence-corrected chi connectivity index (χ2v) is 9.95. The molecule has 31 heavy (non-hydrogen) atoms. The lowest BCUT2D eigenvalue weighted by atomic mass is 10.0. The molecule has 1 unspecified atom stereocenters. The van der Waals surface area contributed by atoms with E-state index in [4.69, 9.17) is 5.21 Å². The molecule has 7 nitrogen and oxygen atoms in total. The van der Waals surface area contributed by atoms with Gasteiger partial charge in [-0.2, -0.15) is 0 Å². The molecule has 4 rings (SSSR count). The minimum absolute atomic E-state index is 0.0842. The molecule has 1 aromatic heterocycles. The van der Waals surface area contributed by atoms with Gasteiger partial charge >= 0.3 is 0 Å². The Balaban J connectivity index is 1.42. The second kappa shape index (κ2) is 9.03. The van der Waals surface area contributed by atoms with Gasteiger partial charge in [-0.15, -0.1) is 0 Å². The highest BCUT2D eigenvalue weighted by molar-refractivity contribution is 7.91. The van der Waals surface area contributed by atoms with Crippen LogP contribution in [-0.4, -0.2) is 43.4 Å². The van der Waals surface area contributed by atoms with Crippen molar-refractivity contribution in [3.63, 3.8) is 0 Å². The maximum Gasteiger partial charge on any atom is 0.276 e. The molecule has 1 amide bonds. The van der Waals surface area contributed by atoms with E-state index in [1.54, 1.807) is 29.7 Å². The minimum atomic E-state index is -3.37. The summed E-state index contributed by atoms with van der Waals surface area (Å²) in [5.74, 6) is 0.365. The standard InChI is InChI=1S/C23H25N3O4S/c27-23(25-28)20-8-10-22(24-15-20)26-12-3-4-17(11-13-26)16-31(29,30)21-9-7-18-5-1-2-6-19(18)14-21/h1-2,5-10,14-15,17,28H,3-4,11-13,16H2,(H,25,27). The fourth-order valence-electron chi connectivity index (χ4n) is 4.10. The molecule has 0 aliphatic carbocycles. The van der Waals surface area contributed by atoms with Crippen molar-refractivity contribution in [2.24, 2.45) is 5.92 Å². The zero-order valence-corrected chi connectivity index (χ0v) is 17.9. The maximum atomic E-state index is 13.1. The van der Waals surface area contributed by atoms with E-state index in [0.717, 1.165) is 42.4 Å². The molecule has 0 spiro atoms. The number of sulfone groups is 1. The van der Waals surface area contributed by atoms with E-state index < -0.39 is 15.7 Å². The van der Waals surface area contributed by atoms with E-state index in [-0.39, 0.29) is 17.2 Å². The van der Waals surface area contributed by atoms with E-state index in [1.165, 1.54) is 6.20 Å². The molecule has 0 saturated carbocycles. The summed E-state index contributed by atoms with van der Waals surface area (Å²) in [5.41, 5.74) is 1.87. The maximum absolute atomic E-state index is 13.1. The first-order valence-electron chi connectivity index (χ1n) is 10.3. The Morgan fingerprint density at radius 3 is 2.61 bits per heavy atom. The second-order valence-electron chi connectivity index (χ2n) is 7.92. The van der Waals surface area contributed by atoms with Gasteiger partial charge in [0.15, 0.2) is 9.84 Å². The highest BCUT2D eigenvalue weighted by Gasteiger charge is 2.25. The van der Waals surface area contributed by atoms with Crippen LogP contribution in [0.5, 0.6) is 0 Å². The SMILES string of the molecule is O=C(NO)c1ccc(N2CCCC(CS(=O)(=O)c3ccc4ccccc4c3)CC2)nc1. The van der Waals surface area contributed by atoms with Crippen LogP contribution in [0.3, 0.4) is 0 Å². The topological polar surface area (TPSA) is 99.6 Å². The van der Waals surface area contributed by atoms with Crippen LogP contribution in [0.4, 0.5) is 5.82 Å². The zero-order valence-electron chi connectivity index (χ0n) is 17.1. The predicted octanol–water partition coefficient (Wildman–Crippen LogP) is 3.43. The van der Waals surface area contributed by atoms with Crippen molar-refractivity contribution in [2.75, 3.05) is 23.7 Å². The number of pyridine rings is 1. The number of nitrogens with zero attached hydrogens (tertiary/aromatic N) is 2. The van der Waals surface area contributed by atoms with Gasteiger partial charge in [0.2, 0.25) is 0 Å². The molecule has 1 fully saturated rings. The Morgan fingerprint density at radius 2 is 1.87 bits per heavy atom. The number of aromatic nitrogens is 1. The summed E-state index contributed by atoms with van der Waals surface area (Å²) in [6, 6.07) is 16.5. The Labute approximate surface area is 181 Å². The highest BCUT2D eigenvalue weighted by Crippen LogP contribution is 2.26. The Morgan fingerprint density at radius 1 is 1.06 bits per heavy atom. The number of amides is 1. The molecule has 2 heterocycles. The van der Waals surface area contributed by atoms with Gasteiger partial charge in [0.25, 0.3) is 5.91 Å². The number of carbonyl (C=O) groups is 1. The number of anilines is 1. The number of fused-ring (bicyclic) bond motifs is 1. The molecule has 2 N–H and O–H groups in total. The van der Waals surface area contributed by atoms with E-state index in [1.807, 2.05) is 30.3 Å². The Hall–Kier alpha value is -2.97. The number of hydrogen-bond donors (Lipinski definition) is 2. The van der Waals surface area contributed by atoms with Crippen molar-refractivity contribution in [1.29, 1.82) is 0 Å². The summed E-state index contributed by atoms with van der Waals surface area (Å²) in [4.78, 5) is 18.3. The molecular weight excluding hydrogens is 414 g/mol. The number of benzene rings is 2. The smallest absolute Gasteiger partial charge is 0.276 e.